The van der Waals surface area contributed by atoms with Gasteiger partial charge in [0.25, 0.3) is 0 Å². The summed E-state index contributed by atoms with van der Waals surface area (Å²) in [7, 11) is 0. The molecule has 0 bridgehead atoms. The molecule has 1 aromatic rings. The maximum atomic E-state index is 3.70. The first-order chi connectivity index (χ1) is 8.93. The van der Waals surface area contributed by atoms with E-state index in [-0.39, 0.29) is 0 Å². The van der Waals surface area contributed by atoms with Crippen molar-refractivity contribution in [2.75, 3.05) is 36.4 Å². The van der Waals surface area contributed by atoms with Gasteiger partial charge in [0.1, 0.15) is 0 Å². The Hall–Kier alpha value is -1.22. The number of hydrogen-bond acceptors (Lipinski definition) is 3. The SMILES string of the molecule is c1ccc(N2CCCCC2)c(NC2CCNC2)c1. The maximum Gasteiger partial charge on any atom is 0.0602 e. The van der Waals surface area contributed by atoms with Crippen LogP contribution >= 0.6 is 0 Å². The molecule has 0 saturated carbocycles. The minimum absolute atomic E-state index is 0.593. The fraction of sp³-hybridized carbons (Fsp3) is 0.600. The van der Waals surface area contributed by atoms with Crippen molar-refractivity contribution in [1.82, 2.24) is 5.32 Å². The van der Waals surface area contributed by atoms with Gasteiger partial charge in [0.05, 0.1) is 11.4 Å². The van der Waals surface area contributed by atoms with Crippen LogP contribution in [0, 0.1) is 0 Å². The molecule has 0 radical (unpaired) electrons. The van der Waals surface area contributed by atoms with E-state index in [0.717, 1.165) is 13.1 Å². The van der Waals surface area contributed by atoms with E-state index in [1.165, 1.54) is 50.1 Å². The van der Waals surface area contributed by atoms with E-state index in [1.807, 2.05) is 0 Å². The predicted molar refractivity (Wildman–Crippen MR) is 77.4 cm³/mol. The Morgan fingerprint density at radius 1 is 1.11 bits per heavy atom. The Bertz CT molecular complexity index is 379. The van der Waals surface area contributed by atoms with Gasteiger partial charge in [-0.2, -0.15) is 0 Å². The Morgan fingerprint density at radius 3 is 2.72 bits per heavy atom. The maximum absolute atomic E-state index is 3.70. The fourth-order valence-electron chi connectivity index (χ4n) is 3.00. The minimum Gasteiger partial charge on any atom is -0.379 e. The molecule has 0 spiro atoms. The smallest absolute Gasteiger partial charge is 0.0602 e. The molecule has 2 aliphatic heterocycles. The third kappa shape index (κ3) is 2.61. The lowest BCUT2D eigenvalue weighted by Crippen LogP contribution is -2.31. The summed E-state index contributed by atoms with van der Waals surface area (Å²) in [5.41, 5.74) is 2.71. The Labute approximate surface area is 110 Å². The second-order valence-electron chi connectivity index (χ2n) is 5.40. The molecular weight excluding hydrogens is 222 g/mol. The molecule has 2 heterocycles. The average molecular weight is 245 g/mol. The number of rotatable bonds is 3. The summed E-state index contributed by atoms with van der Waals surface area (Å²) < 4.78 is 0. The van der Waals surface area contributed by atoms with Crippen molar-refractivity contribution in [3.63, 3.8) is 0 Å². The Balaban J connectivity index is 1.75. The summed E-state index contributed by atoms with van der Waals surface area (Å²) in [6.07, 6.45) is 5.28. The van der Waals surface area contributed by atoms with E-state index in [1.54, 1.807) is 0 Å². The molecule has 3 heteroatoms. The first-order valence-electron chi connectivity index (χ1n) is 7.25. The third-order valence-electron chi connectivity index (χ3n) is 4.02. The molecule has 2 N–H and O–H groups in total. The topological polar surface area (TPSA) is 27.3 Å². The van der Waals surface area contributed by atoms with Crippen LogP contribution in [0.1, 0.15) is 25.7 Å². The lowest BCUT2D eigenvalue weighted by atomic mass is 10.1. The molecule has 18 heavy (non-hydrogen) atoms. The highest BCUT2D eigenvalue weighted by Gasteiger charge is 2.18. The Morgan fingerprint density at radius 2 is 1.94 bits per heavy atom. The quantitative estimate of drug-likeness (QED) is 0.856. The molecule has 1 unspecified atom stereocenters. The second-order valence-corrected chi connectivity index (χ2v) is 5.40. The van der Waals surface area contributed by atoms with Gasteiger partial charge in [-0.15, -0.1) is 0 Å². The van der Waals surface area contributed by atoms with Crippen LogP contribution in [0.3, 0.4) is 0 Å². The Kier molecular flexibility index (Phi) is 3.69. The molecule has 2 aliphatic rings. The molecule has 1 atom stereocenters. The number of hydrogen-bond donors (Lipinski definition) is 2. The standard InChI is InChI=1S/C15H23N3/c1-4-10-18(11-5-1)15-7-3-2-6-14(15)17-13-8-9-16-12-13/h2-3,6-7,13,16-17H,1,4-5,8-12H2. The van der Waals surface area contributed by atoms with E-state index in [0.29, 0.717) is 6.04 Å². The van der Waals surface area contributed by atoms with Crippen molar-refractivity contribution in [3.05, 3.63) is 24.3 Å². The van der Waals surface area contributed by atoms with Crippen molar-refractivity contribution < 1.29 is 0 Å². The van der Waals surface area contributed by atoms with Gasteiger partial charge in [-0.1, -0.05) is 12.1 Å². The second kappa shape index (κ2) is 5.61. The van der Waals surface area contributed by atoms with E-state index < -0.39 is 0 Å². The number of anilines is 2. The molecule has 0 amide bonds. The number of nitrogens with one attached hydrogen (secondary N) is 2. The van der Waals surface area contributed by atoms with Gasteiger partial charge in [0, 0.05) is 25.7 Å². The highest BCUT2D eigenvalue weighted by atomic mass is 15.2. The molecule has 2 saturated heterocycles. The molecule has 2 fully saturated rings. The van der Waals surface area contributed by atoms with Gasteiger partial charge in [-0.3, -0.25) is 0 Å². The van der Waals surface area contributed by atoms with Crippen LogP contribution in [0.25, 0.3) is 0 Å². The first kappa shape index (κ1) is 11.8. The van der Waals surface area contributed by atoms with Crippen LogP contribution in [-0.2, 0) is 0 Å². The van der Waals surface area contributed by atoms with Gasteiger partial charge >= 0.3 is 0 Å². The van der Waals surface area contributed by atoms with E-state index in [4.69, 9.17) is 0 Å². The van der Waals surface area contributed by atoms with Crippen LogP contribution in [-0.4, -0.2) is 32.2 Å². The van der Waals surface area contributed by atoms with Crippen LogP contribution in [0.5, 0.6) is 0 Å². The zero-order valence-corrected chi connectivity index (χ0v) is 11.0. The largest absolute Gasteiger partial charge is 0.379 e. The molecule has 3 nitrogen and oxygen atoms in total. The summed E-state index contributed by atoms with van der Waals surface area (Å²) in [6.45, 7) is 4.65. The van der Waals surface area contributed by atoms with Gasteiger partial charge in [0.2, 0.25) is 0 Å². The van der Waals surface area contributed by atoms with Crippen LogP contribution in [0.15, 0.2) is 24.3 Å². The summed E-state index contributed by atoms with van der Waals surface area (Å²) in [5.74, 6) is 0. The van der Waals surface area contributed by atoms with Crippen LogP contribution < -0.4 is 15.5 Å². The van der Waals surface area contributed by atoms with Crippen molar-refractivity contribution in [1.29, 1.82) is 0 Å². The molecule has 0 aromatic heterocycles. The van der Waals surface area contributed by atoms with Crippen molar-refractivity contribution in [2.45, 2.75) is 31.7 Å². The number of piperidine rings is 1. The normalized spacial score (nSPS) is 24.2. The average Bonchev–Trinajstić information content (AvgIpc) is 2.93. The number of benzene rings is 1. The highest BCUT2D eigenvalue weighted by Crippen LogP contribution is 2.29. The lowest BCUT2D eigenvalue weighted by Gasteiger charge is -2.31. The van der Waals surface area contributed by atoms with Gasteiger partial charge in [0.15, 0.2) is 0 Å². The monoisotopic (exact) mass is 245 g/mol. The molecule has 98 valence electrons. The number of nitrogens with zero attached hydrogens (tertiary/aromatic N) is 1. The van der Waals surface area contributed by atoms with E-state index >= 15 is 0 Å². The molecule has 1 aromatic carbocycles. The molecular formula is C15H23N3. The lowest BCUT2D eigenvalue weighted by molar-refractivity contribution is 0.578. The minimum atomic E-state index is 0.593. The zero-order chi connectivity index (χ0) is 12.2. The van der Waals surface area contributed by atoms with Crippen molar-refractivity contribution in [3.8, 4) is 0 Å². The number of para-hydroxylation sites is 2. The van der Waals surface area contributed by atoms with Crippen LogP contribution in [0.2, 0.25) is 0 Å². The highest BCUT2D eigenvalue weighted by molar-refractivity contribution is 5.70. The summed E-state index contributed by atoms with van der Waals surface area (Å²) >= 11 is 0. The van der Waals surface area contributed by atoms with Crippen molar-refractivity contribution >= 4 is 11.4 Å². The summed E-state index contributed by atoms with van der Waals surface area (Å²) in [5, 5.41) is 7.12. The van der Waals surface area contributed by atoms with E-state index in [2.05, 4.69) is 39.8 Å². The summed E-state index contributed by atoms with van der Waals surface area (Å²) in [4.78, 5) is 2.54. The van der Waals surface area contributed by atoms with Crippen LogP contribution in [0.4, 0.5) is 11.4 Å². The van der Waals surface area contributed by atoms with E-state index in [9.17, 15) is 0 Å². The third-order valence-corrected chi connectivity index (χ3v) is 4.02. The van der Waals surface area contributed by atoms with Gasteiger partial charge in [-0.25, -0.2) is 0 Å². The van der Waals surface area contributed by atoms with Crippen molar-refractivity contribution in [2.24, 2.45) is 0 Å². The molecule has 0 aliphatic carbocycles. The summed E-state index contributed by atoms with van der Waals surface area (Å²) in [6, 6.07) is 9.37. The fourth-order valence-corrected chi connectivity index (χ4v) is 3.00. The molecule has 3 rings (SSSR count). The first-order valence-corrected chi connectivity index (χ1v) is 7.25. The van der Waals surface area contributed by atoms with Gasteiger partial charge in [-0.05, 0) is 44.4 Å². The predicted octanol–water partition coefficient (Wildman–Crippen LogP) is 2.45. The van der Waals surface area contributed by atoms with Gasteiger partial charge < -0.3 is 15.5 Å². The zero-order valence-electron chi connectivity index (χ0n) is 11.0.